The van der Waals surface area contributed by atoms with Gasteiger partial charge in [-0.3, -0.25) is 0 Å². The van der Waals surface area contributed by atoms with Crippen molar-refractivity contribution in [3.8, 4) is 0 Å². The second kappa shape index (κ2) is 10.9. The molecule has 0 atom stereocenters. The number of benzene rings is 2. The molecule has 0 unspecified atom stereocenters. The molecule has 0 bridgehead atoms. The number of carbonyl (C=O) groups excluding carboxylic acids is 2. The second-order valence-corrected chi connectivity index (χ2v) is 7.39. The van der Waals surface area contributed by atoms with E-state index in [9.17, 15) is 9.59 Å². The lowest BCUT2D eigenvalue weighted by Crippen LogP contribution is -2.06. The molecule has 2 aromatic rings. The van der Waals surface area contributed by atoms with Crippen LogP contribution in [0.5, 0.6) is 0 Å². The van der Waals surface area contributed by atoms with Gasteiger partial charge in [0.25, 0.3) is 0 Å². The molecule has 0 N–H and O–H groups in total. The van der Waals surface area contributed by atoms with E-state index in [1.807, 2.05) is 38.1 Å². The molecule has 0 saturated heterocycles. The van der Waals surface area contributed by atoms with Gasteiger partial charge in [-0.15, -0.1) is 0 Å². The van der Waals surface area contributed by atoms with E-state index in [-0.39, 0.29) is 11.9 Å². The molecule has 1 heterocycles. The molecule has 154 valence electrons. The van der Waals surface area contributed by atoms with Crippen LogP contribution in [0.4, 0.5) is 0 Å². The molecule has 0 saturated carbocycles. The van der Waals surface area contributed by atoms with Gasteiger partial charge in [0.15, 0.2) is 0 Å². The maximum Gasteiger partial charge on any atom is 0.337 e. The van der Waals surface area contributed by atoms with Crippen LogP contribution in [0, 0.1) is 13.8 Å². The molecule has 1 aliphatic heterocycles. The van der Waals surface area contributed by atoms with Crippen molar-refractivity contribution in [2.75, 3.05) is 27.4 Å². The summed E-state index contributed by atoms with van der Waals surface area (Å²) in [5.41, 5.74) is 5.80. The molecule has 29 heavy (non-hydrogen) atoms. The molecule has 0 spiro atoms. The van der Waals surface area contributed by atoms with Gasteiger partial charge in [-0.25, -0.2) is 9.59 Å². The lowest BCUT2D eigenvalue weighted by atomic mass is 9.95. The highest BCUT2D eigenvalue weighted by Gasteiger charge is 2.12. The van der Waals surface area contributed by atoms with E-state index >= 15 is 0 Å². The maximum atomic E-state index is 11.4. The number of rotatable bonds is 3. The van der Waals surface area contributed by atoms with Crippen molar-refractivity contribution in [3.05, 3.63) is 74.8 Å². The summed E-state index contributed by atoms with van der Waals surface area (Å²) in [6.45, 7) is 5.38. The van der Waals surface area contributed by atoms with Crippen LogP contribution in [-0.4, -0.2) is 39.4 Å². The summed E-state index contributed by atoms with van der Waals surface area (Å²) < 4.78 is 15.6. The second-order valence-electron chi connectivity index (χ2n) is 6.53. The summed E-state index contributed by atoms with van der Waals surface area (Å²) in [6.07, 6.45) is 3.03. The molecule has 3 rings (SSSR count). The van der Waals surface area contributed by atoms with Crippen molar-refractivity contribution >= 4 is 33.4 Å². The minimum atomic E-state index is -0.300. The van der Waals surface area contributed by atoms with Gasteiger partial charge >= 0.3 is 11.9 Å². The Morgan fingerprint density at radius 3 is 2.00 bits per heavy atom. The number of esters is 2. The van der Waals surface area contributed by atoms with Gasteiger partial charge in [0.1, 0.15) is 0 Å². The molecule has 0 radical (unpaired) electrons. The first-order chi connectivity index (χ1) is 13.9. The third-order valence-electron chi connectivity index (χ3n) is 4.54. The average Bonchev–Trinajstić information content (AvgIpc) is 2.75. The summed E-state index contributed by atoms with van der Waals surface area (Å²) in [4.78, 5) is 22.4. The fourth-order valence-electron chi connectivity index (χ4n) is 2.93. The average molecular weight is 461 g/mol. The molecule has 2 aromatic carbocycles. The summed E-state index contributed by atoms with van der Waals surface area (Å²) in [7, 11) is 2.77. The highest BCUT2D eigenvalue weighted by Crippen LogP contribution is 2.25. The predicted molar refractivity (Wildman–Crippen MR) is 116 cm³/mol. The standard InChI is InChI=1S/C14H16O3.C9H9BrO2/c1-10-9-12(14(15)16-2)3-4-13(10)11-5-7-17-8-6-11;1-6-5-7(9(11)12-2)3-4-8(6)10/h3-5,9H,6-8H2,1-2H3;3-5H,1-2H3. The number of ether oxygens (including phenoxy) is 3. The zero-order valence-corrected chi connectivity index (χ0v) is 18.7. The van der Waals surface area contributed by atoms with Crippen LogP contribution < -0.4 is 0 Å². The van der Waals surface area contributed by atoms with Gasteiger partial charge < -0.3 is 14.2 Å². The van der Waals surface area contributed by atoms with Crippen LogP contribution >= 0.6 is 15.9 Å². The summed E-state index contributed by atoms with van der Waals surface area (Å²) >= 11 is 3.35. The third-order valence-corrected chi connectivity index (χ3v) is 5.43. The quantitative estimate of drug-likeness (QED) is 0.594. The van der Waals surface area contributed by atoms with Gasteiger partial charge in [-0.2, -0.15) is 0 Å². The van der Waals surface area contributed by atoms with Crippen molar-refractivity contribution in [1.29, 1.82) is 0 Å². The normalized spacial score (nSPS) is 12.9. The first-order valence-electron chi connectivity index (χ1n) is 9.18. The summed E-state index contributed by atoms with van der Waals surface area (Å²) in [6, 6.07) is 11.0. The highest BCUT2D eigenvalue weighted by atomic mass is 79.9. The SMILES string of the molecule is COC(=O)c1ccc(Br)c(C)c1.COC(=O)c1ccc(C2=CCOCC2)c(C)c1. The van der Waals surface area contributed by atoms with Crippen LogP contribution in [0.1, 0.15) is 43.8 Å². The Kier molecular flexibility index (Phi) is 8.61. The van der Waals surface area contributed by atoms with Crippen LogP contribution in [0.25, 0.3) is 5.57 Å². The minimum Gasteiger partial charge on any atom is -0.465 e. The molecule has 0 fully saturated rings. The number of hydrogen-bond donors (Lipinski definition) is 0. The number of hydrogen-bond acceptors (Lipinski definition) is 5. The Balaban J connectivity index is 0.000000221. The molecule has 6 heteroatoms. The molecule has 0 aliphatic carbocycles. The topological polar surface area (TPSA) is 61.8 Å². The monoisotopic (exact) mass is 460 g/mol. The number of carbonyl (C=O) groups is 2. The van der Waals surface area contributed by atoms with Gasteiger partial charge in [-0.05, 0) is 72.9 Å². The molecule has 1 aliphatic rings. The third kappa shape index (κ3) is 6.27. The van der Waals surface area contributed by atoms with E-state index in [1.54, 1.807) is 12.1 Å². The van der Waals surface area contributed by atoms with Gasteiger partial charge in [0, 0.05) is 4.47 Å². The first kappa shape index (κ1) is 22.8. The fourth-order valence-corrected chi connectivity index (χ4v) is 3.18. The predicted octanol–water partition coefficient (Wildman–Crippen LogP) is 5.13. The molecular weight excluding hydrogens is 436 g/mol. The fraction of sp³-hybridized carbons (Fsp3) is 0.304. The van der Waals surface area contributed by atoms with E-state index < -0.39 is 0 Å². The smallest absolute Gasteiger partial charge is 0.337 e. The number of aryl methyl sites for hydroxylation is 2. The van der Waals surface area contributed by atoms with E-state index in [1.165, 1.54) is 25.4 Å². The van der Waals surface area contributed by atoms with Crippen LogP contribution in [0.3, 0.4) is 0 Å². The maximum absolute atomic E-state index is 11.4. The van der Waals surface area contributed by atoms with E-state index in [0.29, 0.717) is 17.7 Å². The van der Waals surface area contributed by atoms with Gasteiger partial charge in [-0.1, -0.05) is 28.1 Å². The minimum absolute atomic E-state index is 0.291. The Labute approximate surface area is 179 Å². The van der Waals surface area contributed by atoms with Crippen LogP contribution in [0.15, 0.2) is 46.9 Å². The van der Waals surface area contributed by atoms with Gasteiger partial charge in [0.2, 0.25) is 0 Å². The van der Waals surface area contributed by atoms with E-state index in [0.717, 1.165) is 28.6 Å². The largest absolute Gasteiger partial charge is 0.465 e. The first-order valence-corrected chi connectivity index (χ1v) is 9.97. The van der Waals surface area contributed by atoms with Crippen molar-refractivity contribution < 1.29 is 23.8 Å². The number of halogens is 1. The lowest BCUT2D eigenvalue weighted by Gasteiger charge is -2.16. The van der Waals surface area contributed by atoms with Crippen molar-refractivity contribution in [2.45, 2.75) is 20.3 Å². The lowest BCUT2D eigenvalue weighted by molar-refractivity contribution is 0.0591. The van der Waals surface area contributed by atoms with Gasteiger partial charge in [0.05, 0.1) is 38.6 Å². The van der Waals surface area contributed by atoms with Crippen molar-refractivity contribution in [2.24, 2.45) is 0 Å². The van der Waals surface area contributed by atoms with E-state index in [4.69, 9.17) is 9.47 Å². The number of methoxy groups -OCH3 is 2. The summed E-state index contributed by atoms with van der Waals surface area (Å²) in [5.74, 6) is -0.591. The molecule has 5 nitrogen and oxygen atoms in total. The van der Waals surface area contributed by atoms with Crippen LogP contribution in [-0.2, 0) is 14.2 Å². The highest BCUT2D eigenvalue weighted by molar-refractivity contribution is 9.10. The Morgan fingerprint density at radius 1 is 0.931 bits per heavy atom. The zero-order chi connectivity index (χ0) is 21.4. The molecular formula is C23H25BrO5. The van der Waals surface area contributed by atoms with Crippen molar-refractivity contribution in [3.63, 3.8) is 0 Å². The molecule has 0 aromatic heterocycles. The summed E-state index contributed by atoms with van der Waals surface area (Å²) in [5, 5.41) is 0. The molecule has 0 amide bonds. The Morgan fingerprint density at radius 2 is 1.52 bits per heavy atom. The van der Waals surface area contributed by atoms with E-state index in [2.05, 4.69) is 26.7 Å². The van der Waals surface area contributed by atoms with Crippen LogP contribution in [0.2, 0.25) is 0 Å². The Bertz CT molecular complexity index is 917. The zero-order valence-electron chi connectivity index (χ0n) is 17.1. The van der Waals surface area contributed by atoms with Crippen molar-refractivity contribution in [1.82, 2.24) is 0 Å². The Hall–Kier alpha value is -2.44.